The van der Waals surface area contributed by atoms with E-state index < -0.39 is 21.7 Å². The number of nitrogens with one attached hydrogen (secondary N) is 2. The van der Waals surface area contributed by atoms with Crippen LogP contribution in [0.25, 0.3) is 0 Å². The summed E-state index contributed by atoms with van der Waals surface area (Å²) in [5, 5.41) is 0. The average molecular weight is 276 g/mol. The van der Waals surface area contributed by atoms with Crippen molar-refractivity contribution in [2.24, 2.45) is 0 Å². The quantitative estimate of drug-likeness (QED) is 0.725. The molecule has 0 bridgehead atoms. The number of rotatable bonds is 6. The van der Waals surface area contributed by atoms with E-state index in [-0.39, 0.29) is 17.9 Å². The minimum absolute atomic E-state index is 0.0592. The van der Waals surface area contributed by atoms with E-state index in [1.165, 1.54) is 7.11 Å². The summed E-state index contributed by atoms with van der Waals surface area (Å²) < 4.78 is 38.2. The Morgan fingerprint density at radius 1 is 1.33 bits per heavy atom. The van der Waals surface area contributed by atoms with Gasteiger partial charge >= 0.3 is 0 Å². The molecule has 0 saturated carbocycles. The van der Waals surface area contributed by atoms with Crippen molar-refractivity contribution >= 4 is 15.9 Å². The predicted molar refractivity (Wildman–Crippen MR) is 61.4 cm³/mol. The molecule has 1 aromatic rings. The molecule has 6 nitrogen and oxygen atoms in total. The lowest BCUT2D eigenvalue weighted by molar-refractivity contribution is -0.131. The third-order valence-electron chi connectivity index (χ3n) is 1.98. The van der Waals surface area contributed by atoms with E-state index >= 15 is 0 Å². The average Bonchev–Trinajstić information content (AvgIpc) is 2.29. The van der Waals surface area contributed by atoms with E-state index in [0.717, 1.165) is 24.3 Å². The van der Waals surface area contributed by atoms with Gasteiger partial charge in [-0.2, -0.15) is 0 Å². The zero-order valence-corrected chi connectivity index (χ0v) is 10.5. The van der Waals surface area contributed by atoms with Gasteiger partial charge in [-0.15, -0.1) is 0 Å². The third kappa shape index (κ3) is 4.40. The summed E-state index contributed by atoms with van der Waals surface area (Å²) in [6.45, 7) is -0.0745. The topological polar surface area (TPSA) is 84.5 Å². The van der Waals surface area contributed by atoms with Gasteiger partial charge in [-0.25, -0.2) is 23.0 Å². The van der Waals surface area contributed by atoms with Gasteiger partial charge in [-0.3, -0.25) is 9.63 Å². The first-order chi connectivity index (χ1) is 8.45. The summed E-state index contributed by atoms with van der Waals surface area (Å²) in [6.07, 6.45) is -0.0612. The molecule has 2 N–H and O–H groups in total. The van der Waals surface area contributed by atoms with Gasteiger partial charge in [0.15, 0.2) is 0 Å². The molecule has 0 heterocycles. The SMILES string of the molecule is CONC(=O)CCNS(=O)(=O)c1ccc(F)cc1. The molecule has 1 rings (SSSR count). The van der Waals surface area contributed by atoms with Crippen molar-refractivity contribution in [2.45, 2.75) is 11.3 Å². The lowest BCUT2D eigenvalue weighted by atomic mass is 10.4. The normalized spacial score (nSPS) is 11.2. The number of carbonyl (C=O) groups excluding carboxylic acids is 1. The van der Waals surface area contributed by atoms with Gasteiger partial charge in [0, 0.05) is 13.0 Å². The van der Waals surface area contributed by atoms with Crippen molar-refractivity contribution in [3.63, 3.8) is 0 Å². The van der Waals surface area contributed by atoms with Crippen molar-refractivity contribution in [2.75, 3.05) is 13.7 Å². The van der Waals surface area contributed by atoms with Gasteiger partial charge in [0.2, 0.25) is 15.9 Å². The van der Waals surface area contributed by atoms with E-state index in [1.807, 2.05) is 0 Å². The Balaban J connectivity index is 2.55. The molecule has 0 fully saturated rings. The highest BCUT2D eigenvalue weighted by Gasteiger charge is 2.13. The van der Waals surface area contributed by atoms with Gasteiger partial charge in [0.1, 0.15) is 5.82 Å². The van der Waals surface area contributed by atoms with Crippen LogP contribution in [-0.2, 0) is 19.7 Å². The van der Waals surface area contributed by atoms with Crippen molar-refractivity contribution in [3.8, 4) is 0 Å². The highest BCUT2D eigenvalue weighted by molar-refractivity contribution is 7.89. The predicted octanol–water partition coefficient (Wildman–Crippen LogP) is 0.172. The minimum atomic E-state index is -3.73. The van der Waals surface area contributed by atoms with E-state index in [0.29, 0.717) is 0 Å². The van der Waals surface area contributed by atoms with Crippen LogP contribution in [0.3, 0.4) is 0 Å². The standard InChI is InChI=1S/C10H13FN2O4S/c1-17-13-10(14)6-7-12-18(15,16)9-4-2-8(11)3-5-9/h2-5,12H,6-7H2,1H3,(H,13,14). The molecule has 0 atom stereocenters. The van der Waals surface area contributed by atoms with Gasteiger partial charge in [0.05, 0.1) is 12.0 Å². The number of sulfonamides is 1. The fourth-order valence-electron chi connectivity index (χ4n) is 1.16. The van der Waals surface area contributed by atoms with E-state index in [4.69, 9.17) is 0 Å². The third-order valence-corrected chi connectivity index (χ3v) is 3.46. The van der Waals surface area contributed by atoms with Crippen LogP contribution in [0.4, 0.5) is 4.39 Å². The first-order valence-electron chi connectivity index (χ1n) is 5.03. The van der Waals surface area contributed by atoms with Gasteiger partial charge in [-0.1, -0.05) is 0 Å². The maximum Gasteiger partial charge on any atom is 0.244 e. The molecule has 1 amide bonds. The zero-order chi connectivity index (χ0) is 13.6. The number of halogens is 1. The number of hydrogen-bond donors (Lipinski definition) is 2. The van der Waals surface area contributed by atoms with Crippen LogP contribution in [0.2, 0.25) is 0 Å². The molecule has 18 heavy (non-hydrogen) atoms. The summed E-state index contributed by atoms with van der Waals surface area (Å²) >= 11 is 0. The Bertz CT molecular complexity index is 501. The molecule has 0 spiro atoms. The maximum atomic E-state index is 12.6. The Hall–Kier alpha value is -1.51. The lowest BCUT2D eigenvalue weighted by Crippen LogP contribution is -2.30. The lowest BCUT2D eigenvalue weighted by Gasteiger charge is -2.06. The monoisotopic (exact) mass is 276 g/mol. The van der Waals surface area contributed by atoms with Gasteiger partial charge in [-0.05, 0) is 24.3 Å². The minimum Gasteiger partial charge on any atom is -0.277 e. The van der Waals surface area contributed by atoms with Crippen LogP contribution in [0.1, 0.15) is 6.42 Å². The molecule has 0 aliphatic rings. The Kier molecular flexibility index (Phi) is 5.20. The Morgan fingerprint density at radius 2 is 1.94 bits per heavy atom. The molecule has 0 aliphatic carbocycles. The largest absolute Gasteiger partial charge is 0.277 e. The molecule has 8 heteroatoms. The second-order valence-electron chi connectivity index (χ2n) is 3.33. The number of amides is 1. The van der Waals surface area contributed by atoms with Crippen LogP contribution in [0.5, 0.6) is 0 Å². The molecule has 0 aromatic heterocycles. The molecular weight excluding hydrogens is 263 g/mol. The smallest absolute Gasteiger partial charge is 0.244 e. The fraction of sp³-hybridized carbons (Fsp3) is 0.300. The van der Waals surface area contributed by atoms with Crippen molar-refractivity contribution < 1.29 is 22.4 Å². The van der Waals surface area contributed by atoms with Crippen LogP contribution < -0.4 is 10.2 Å². The molecule has 0 radical (unpaired) electrons. The van der Waals surface area contributed by atoms with E-state index in [9.17, 15) is 17.6 Å². The number of hydrogen-bond acceptors (Lipinski definition) is 4. The first kappa shape index (κ1) is 14.6. The highest BCUT2D eigenvalue weighted by Crippen LogP contribution is 2.09. The Labute approximate surface area is 104 Å². The van der Waals surface area contributed by atoms with Crippen LogP contribution in [-0.4, -0.2) is 28.0 Å². The second-order valence-corrected chi connectivity index (χ2v) is 5.10. The maximum absolute atomic E-state index is 12.6. The number of carbonyl (C=O) groups is 1. The summed E-state index contributed by atoms with van der Waals surface area (Å²) in [7, 11) is -2.45. The highest BCUT2D eigenvalue weighted by atomic mass is 32.2. The number of benzene rings is 1. The second kappa shape index (κ2) is 6.43. The fourth-order valence-corrected chi connectivity index (χ4v) is 2.19. The number of hydroxylamine groups is 1. The molecule has 100 valence electrons. The molecule has 0 aliphatic heterocycles. The van der Waals surface area contributed by atoms with Crippen LogP contribution in [0.15, 0.2) is 29.2 Å². The summed E-state index contributed by atoms with van der Waals surface area (Å²) in [4.78, 5) is 15.3. The Morgan fingerprint density at radius 3 is 2.50 bits per heavy atom. The molecular formula is C10H13FN2O4S. The summed E-state index contributed by atoms with van der Waals surface area (Å²) in [5.41, 5.74) is 2.06. The zero-order valence-electron chi connectivity index (χ0n) is 9.64. The molecule has 1 aromatic carbocycles. The van der Waals surface area contributed by atoms with Crippen LogP contribution in [0, 0.1) is 5.82 Å². The molecule has 0 saturated heterocycles. The van der Waals surface area contributed by atoms with Crippen molar-refractivity contribution in [1.29, 1.82) is 0 Å². The van der Waals surface area contributed by atoms with Crippen molar-refractivity contribution in [1.82, 2.24) is 10.2 Å². The van der Waals surface area contributed by atoms with E-state index in [1.54, 1.807) is 0 Å². The van der Waals surface area contributed by atoms with Crippen LogP contribution >= 0.6 is 0 Å². The van der Waals surface area contributed by atoms with Gasteiger partial charge < -0.3 is 0 Å². The van der Waals surface area contributed by atoms with Gasteiger partial charge in [0.25, 0.3) is 0 Å². The molecule has 0 unspecified atom stereocenters. The first-order valence-corrected chi connectivity index (χ1v) is 6.51. The summed E-state index contributed by atoms with van der Waals surface area (Å²) in [6, 6.07) is 4.39. The summed E-state index contributed by atoms with van der Waals surface area (Å²) in [5.74, 6) is -0.965. The van der Waals surface area contributed by atoms with Crippen molar-refractivity contribution in [3.05, 3.63) is 30.1 Å². The van der Waals surface area contributed by atoms with E-state index in [2.05, 4.69) is 15.0 Å².